The van der Waals surface area contributed by atoms with Gasteiger partial charge in [0.2, 0.25) is 0 Å². The molecule has 4 aromatic rings. The fraction of sp³-hybridized carbons (Fsp3) is 0.200. The van der Waals surface area contributed by atoms with Crippen LogP contribution in [0.5, 0.6) is 23.0 Å². The van der Waals surface area contributed by atoms with Crippen molar-refractivity contribution >= 4 is 0 Å². The van der Waals surface area contributed by atoms with Gasteiger partial charge in [-0.1, -0.05) is 60.7 Å². The van der Waals surface area contributed by atoms with E-state index < -0.39 is 0 Å². The standard InChI is InChI=1S/C30H30N2O2/c1-3-11-27(12-4-1)33-29-15-7-9-25(21-29)23-31-17-19-32(20-18-31)24-26-10-8-16-30(22-26)34-28-13-5-2-6-14-28/h1-16,21-22H,17-20,23-24H2. The maximum Gasteiger partial charge on any atom is 0.127 e. The van der Waals surface area contributed by atoms with Crippen molar-refractivity contribution in [2.24, 2.45) is 0 Å². The van der Waals surface area contributed by atoms with Crippen LogP contribution in [0.1, 0.15) is 11.1 Å². The number of para-hydroxylation sites is 2. The zero-order chi connectivity index (χ0) is 23.0. The third-order valence-corrected chi connectivity index (χ3v) is 6.03. The molecule has 4 aromatic carbocycles. The molecule has 0 bridgehead atoms. The SMILES string of the molecule is c1ccc(Oc2cccc(CN3CCN(Cc4cccc(Oc5ccccc5)c4)CC3)c2)cc1. The Morgan fingerprint density at radius 3 is 1.24 bits per heavy atom. The van der Waals surface area contributed by atoms with Crippen LogP contribution in [-0.4, -0.2) is 36.0 Å². The molecule has 0 atom stereocenters. The summed E-state index contributed by atoms with van der Waals surface area (Å²) in [4.78, 5) is 5.04. The third kappa shape index (κ3) is 6.25. The number of benzene rings is 4. The maximum absolute atomic E-state index is 6.00. The number of hydrogen-bond donors (Lipinski definition) is 0. The van der Waals surface area contributed by atoms with Crippen LogP contribution in [-0.2, 0) is 13.1 Å². The zero-order valence-electron chi connectivity index (χ0n) is 19.3. The number of rotatable bonds is 8. The molecule has 1 heterocycles. The molecular weight excluding hydrogens is 420 g/mol. The first-order valence-electron chi connectivity index (χ1n) is 11.9. The molecule has 5 rings (SSSR count). The highest BCUT2D eigenvalue weighted by Gasteiger charge is 2.17. The van der Waals surface area contributed by atoms with Crippen LogP contribution >= 0.6 is 0 Å². The second kappa shape index (κ2) is 11.0. The number of nitrogens with zero attached hydrogens (tertiary/aromatic N) is 2. The zero-order valence-corrected chi connectivity index (χ0v) is 19.3. The summed E-state index contributed by atoms with van der Waals surface area (Å²) in [6.07, 6.45) is 0. The quantitative estimate of drug-likeness (QED) is 0.302. The largest absolute Gasteiger partial charge is 0.457 e. The molecule has 1 aliphatic heterocycles. The van der Waals surface area contributed by atoms with E-state index in [1.54, 1.807) is 0 Å². The topological polar surface area (TPSA) is 24.9 Å². The molecule has 4 nitrogen and oxygen atoms in total. The number of hydrogen-bond acceptors (Lipinski definition) is 4. The summed E-state index contributed by atoms with van der Waals surface area (Å²) < 4.78 is 12.0. The molecule has 4 heteroatoms. The fourth-order valence-electron chi connectivity index (χ4n) is 4.29. The smallest absolute Gasteiger partial charge is 0.127 e. The Labute approximate surface area is 202 Å². The van der Waals surface area contributed by atoms with E-state index >= 15 is 0 Å². The first kappa shape index (κ1) is 22.2. The average Bonchev–Trinajstić information content (AvgIpc) is 2.87. The molecule has 1 fully saturated rings. The van der Waals surface area contributed by atoms with Crippen LogP contribution in [0.3, 0.4) is 0 Å². The molecule has 172 valence electrons. The predicted octanol–water partition coefficient (Wildman–Crippen LogP) is 6.59. The van der Waals surface area contributed by atoms with Gasteiger partial charge in [-0.2, -0.15) is 0 Å². The summed E-state index contributed by atoms with van der Waals surface area (Å²) in [5, 5.41) is 0. The minimum Gasteiger partial charge on any atom is -0.457 e. The van der Waals surface area contributed by atoms with Crippen molar-refractivity contribution in [2.45, 2.75) is 13.1 Å². The van der Waals surface area contributed by atoms with Gasteiger partial charge in [0.15, 0.2) is 0 Å². The second-order valence-electron chi connectivity index (χ2n) is 8.68. The molecule has 0 spiro atoms. The van der Waals surface area contributed by atoms with E-state index in [9.17, 15) is 0 Å². The molecule has 1 saturated heterocycles. The lowest BCUT2D eigenvalue weighted by atomic mass is 10.1. The van der Waals surface area contributed by atoms with Gasteiger partial charge in [-0.05, 0) is 59.7 Å². The maximum atomic E-state index is 6.00. The minimum atomic E-state index is 0.867. The Balaban J connectivity index is 1.12. The van der Waals surface area contributed by atoms with Crippen molar-refractivity contribution in [3.05, 3.63) is 120 Å². The van der Waals surface area contributed by atoms with Gasteiger partial charge in [-0.15, -0.1) is 0 Å². The van der Waals surface area contributed by atoms with Crippen LogP contribution in [0.2, 0.25) is 0 Å². The predicted molar refractivity (Wildman–Crippen MR) is 136 cm³/mol. The van der Waals surface area contributed by atoms with Crippen molar-refractivity contribution in [1.82, 2.24) is 9.80 Å². The van der Waals surface area contributed by atoms with Gasteiger partial charge in [0.25, 0.3) is 0 Å². The molecule has 34 heavy (non-hydrogen) atoms. The van der Waals surface area contributed by atoms with Gasteiger partial charge in [0, 0.05) is 39.3 Å². The Bertz CT molecular complexity index is 1080. The summed E-state index contributed by atoms with van der Waals surface area (Å²) in [6.45, 7) is 6.13. The van der Waals surface area contributed by atoms with Crippen molar-refractivity contribution in [1.29, 1.82) is 0 Å². The lowest BCUT2D eigenvalue weighted by Crippen LogP contribution is -2.45. The summed E-state index contributed by atoms with van der Waals surface area (Å²) in [5.41, 5.74) is 2.57. The first-order chi connectivity index (χ1) is 16.8. The molecule has 0 unspecified atom stereocenters. The molecule has 0 amide bonds. The van der Waals surface area contributed by atoms with Gasteiger partial charge in [-0.3, -0.25) is 9.80 Å². The lowest BCUT2D eigenvalue weighted by Gasteiger charge is -2.34. The average molecular weight is 451 g/mol. The van der Waals surface area contributed by atoms with Crippen LogP contribution in [0.25, 0.3) is 0 Å². The van der Waals surface area contributed by atoms with Gasteiger partial charge in [0.1, 0.15) is 23.0 Å². The van der Waals surface area contributed by atoms with E-state index in [-0.39, 0.29) is 0 Å². The summed E-state index contributed by atoms with van der Waals surface area (Å²) in [6, 6.07) is 36.7. The third-order valence-electron chi connectivity index (χ3n) is 6.03. The Morgan fingerprint density at radius 1 is 0.441 bits per heavy atom. The second-order valence-corrected chi connectivity index (χ2v) is 8.68. The highest BCUT2D eigenvalue weighted by atomic mass is 16.5. The van der Waals surface area contributed by atoms with Crippen molar-refractivity contribution in [3.63, 3.8) is 0 Å². The molecule has 0 aromatic heterocycles. The van der Waals surface area contributed by atoms with Gasteiger partial charge in [0.05, 0.1) is 0 Å². The Hall–Kier alpha value is -3.60. The Kier molecular flexibility index (Phi) is 7.19. The van der Waals surface area contributed by atoms with E-state index in [0.717, 1.165) is 62.3 Å². The van der Waals surface area contributed by atoms with Crippen LogP contribution in [0.4, 0.5) is 0 Å². The summed E-state index contributed by atoms with van der Waals surface area (Å²) >= 11 is 0. The summed E-state index contributed by atoms with van der Waals surface area (Å²) in [7, 11) is 0. The van der Waals surface area contributed by atoms with E-state index in [1.807, 2.05) is 72.8 Å². The molecule has 0 saturated carbocycles. The van der Waals surface area contributed by atoms with Gasteiger partial charge < -0.3 is 9.47 Å². The van der Waals surface area contributed by atoms with Crippen molar-refractivity contribution in [3.8, 4) is 23.0 Å². The number of piperazine rings is 1. The van der Waals surface area contributed by atoms with Crippen LogP contribution < -0.4 is 9.47 Å². The molecule has 0 radical (unpaired) electrons. The lowest BCUT2D eigenvalue weighted by molar-refractivity contribution is 0.122. The van der Waals surface area contributed by atoms with Crippen molar-refractivity contribution in [2.75, 3.05) is 26.2 Å². The van der Waals surface area contributed by atoms with Crippen molar-refractivity contribution < 1.29 is 9.47 Å². The first-order valence-corrected chi connectivity index (χ1v) is 11.9. The fourth-order valence-corrected chi connectivity index (χ4v) is 4.29. The molecule has 1 aliphatic rings. The van der Waals surface area contributed by atoms with Gasteiger partial charge >= 0.3 is 0 Å². The van der Waals surface area contributed by atoms with E-state index in [1.165, 1.54) is 11.1 Å². The highest BCUT2D eigenvalue weighted by Crippen LogP contribution is 2.24. The van der Waals surface area contributed by atoms with E-state index in [2.05, 4.69) is 46.2 Å². The van der Waals surface area contributed by atoms with Crippen LogP contribution in [0, 0.1) is 0 Å². The molecular formula is C30H30N2O2. The normalized spacial score (nSPS) is 14.6. The van der Waals surface area contributed by atoms with Crippen LogP contribution in [0.15, 0.2) is 109 Å². The molecule has 0 N–H and O–H groups in total. The Morgan fingerprint density at radius 2 is 0.824 bits per heavy atom. The molecule has 0 aliphatic carbocycles. The minimum absolute atomic E-state index is 0.867. The monoisotopic (exact) mass is 450 g/mol. The van der Waals surface area contributed by atoms with Gasteiger partial charge in [-0.25, -0.2) is 0 Å². The van der Waals surface area contributed by atoms with E-state index in [0.29, 0.717) is 0 Å². The summed E-state index contributed by atoms with van der Waals surface area (Å²) in [5.74, 6) is 3.51. The number of ether oxygens (including phenoxy) is 2. The van der Waals surface area contributed by atoms with E-state index in [4.69, 9.17) is 9.47 Å². The highest BCUT2D eigenvalue weighted by molar-refractivity contribution is 5.35.